The SMILES string of the molecule is Cc1cc(C(=O)c2cnn(C)c2OC(C)C(=O)c2ccccc2)c(C)c(C)c1S(C)(=O)=O. The maximum absolute atomic E-state index is 13.4. The van der Waals surface area contributed by atoms with Crippen molar-refractivity contribution < 1.29 is 22.7 Å². The Morgan fingerprint density at radius 3 is 2.25 bits per heavy atom. The molecule has 2 aromatic carbocycles. The number of Topliss-reactive ketones (excluding diaryl/α,β-unsaturated/α-hetero) is 1. The largest absolute Gasteiger partial charge is 0.466 e. The standard InChI is InChI=1S/C24H26N2O5S/c1-14-12-19(15(2)16(3)23(14)32(6,29)30)22(28)20-13-25-26(5)24(20)31-17(4)21(27)18-10-8-7-9-11-18/h7-13,17H,1-6H3. The predicted molar refractivity (Wildman–Crippen MR) is 121 cm³/mol. The molecule has 0 amide bonds. The second-order valence-electron chi connectivity index (χ2n) is 7.90. The lowest BCUT2D eigenvalue weighted by Crippen LogP contribution is -2.25. The Balaban J connectivity index is 1.99. The summed E-state index contributed by atoms with van der Waals surface area (Å²) in [7, 11) is -1.81. The first kappa shape index (κ1) is 23.4. The van der Waals surface area contributed by atoms with Gasteiger partial charge in [-0.1, -0.05) is 30.3 Å². The number of carbonyl (C=O) groups is 2. The first-order valence-electron chi connectivity index (χ1n) is 10.1. The lowest BCUT2D eigenvalue weighted by Gasteiger charge is -2.17. The number of ketones is 2. The minimum atomic E-state index is -3.44. The van der Waals surface area contributed by atoms with Crippen LogP contribution in [0.15, 0.2) is 47.5 Å². The van der Waals surface area contributed by atoms with Crippen molar-refractivity contribution >= 4 is 21.4 Å². The van der Waals surface area contributed by atoms with Crippen LogP contribution in [0, 0.1) is 20.8 Å². The highest BCUT2D eigenvalue weighted by Crippen LogP contribution is 2.30. The fraction of sp³-hybridized carbons (Fsp3) is 0.292. The van der Waals surface area contributed by atoms with Crippen LogP contribution in [0.4, 0.5) is 0 Å². The number of aromatic nitrogens is 2. The molecule has 7 nitrogen and oxygen atoms in total. The molecule has 1 aromatic heterocycles. The average molecular weight is 455 g/mol. The van der Waals surface area contributed by atoms with Gasteiger partial charge in [-0.25, -0.2) is 13.1 Å². The van der Waals surface area contributed by atoms with Gasteiger partial charge in [-0.15, -0.1) is 0 Å². The molecule has 0 bridgehead atoms. The van der Waals surface area contributed by atoms with Crippen LogP contribution in [0.25, 0.3) is 0 Å². The molecule has 0 fully saturated rings. The second-order valence-corrected chi connectivity index (χ2v) is 9.85. The van der Waals surface area contributed by atoms with Crippen LogP contribution in [-0.2, 0) is 16.9 Å². The summed E-state index contributed by atoms with van der Waals surface area (Å²) < 4.78 is 31.7. The highest BCUT2D eigenvalue weighted by atomic mass is 32.2. The zero-order valence-corrected chi connectivity index (χ0v) is 19.8. The Labute approximate surface area is 187 Å². The lowest BCUT2D eigenvalue weighted by molar-refractivity contribution is 0.0798. The van der Waals surface area contributed by atoms with Crippen molar-refractivity contribution in [2.45, 2.75) is 38.7 Å². The monoisotopic (exact) mass is 454 g/mol. The van der Waals surface area contributed by atoms with Gasteiger partial charge in [0.15, 0.2) is 21.7 Å². The summed E-state index contributed by atoms with van der Waals surface area (Å²) in [6, 6.07) is 10.3. The number of benzene rings is 2. The number of ether oxygens (including phenoxy) is 1. The van der Waals surface area contributed by atoms with Gasteiger partial charge in [-0.2, -0.15) is 5.10 Å². The molecule has 3 aromatic rings. The van der Waals surface area contributed by atoms with E-state index in [0.29, 0.717) is 27.8 Å². The van der Waals surface area contributed by atoms with Crippen LogP contribution in [0.3, 0.4) is 0 Å². The van der Waals surface area contributed by atoms with Crippen molar-refractivity contribution in [2.24, 2.45) is 7.05 Å². The van der Waals surface area contributed by atoms with E-state index in [2.05, 4.69) is 5.10 Å². The Morgan fingerprint density at radius 1 is 1.03 bits per heavy atom. The molecule has 1 heterocycles. The van der Waals surface area contributed by atoms with E-state index in [1.165, 1.54) is 10.9 Å². The maximum Gasteiger partial charge on any atom is 0.223 e. The van der Waals surface area contributed by atoms with Crippen LogP contribution in [0.5, 0.6) is 5.88 Å². The number of carbonyl (C=O) groups excluding carboxylic acids is 2. The van der Waals surface area contributed by atoms with Crippen molar-refractivity contribution in [2.75, 3.05) is 6.26 Å². The van der Waals surface area contributed by atoms with Gasteiger partial charge in [-0.05, 0) is 50.5 Å². The topological polar surface area (TPSA) is 95.3 Å². The number of nitrogens with zero attached hydrogens (tertiary/aromatic N) is 2. The molecule has 0 spiro atoms. The Kier molecular flexibility index (Phi) is 6.37. The van der Waals surface area contributed by atoms with Gasteiger partial charge in [0.25, 0.3) is 0 Å². The molecule has 0 saturated carbocycles. The lowest BCUT2D eigenvalue weighted by atomic mass is 9.95. The molecule has 0 aliphatic rings. The van der Waals surface area contributed by atoms with Gasteiger partial charge >= 0.3 is 0 Å². The smallest absolute Gasteiger partial charge is 0.223 e. The second kappa shape index (κ2) is 8.70. The molecular weight excluding hydrogens is 428 g/mol. The number of sulfone groups is 1. The van der Waals surface area contributed by atoms with E-state index in [9.17, 15) is 18.0 Å². The molecule has 0 aliphatic carbocycles. The quantitative estimate of drug-likeness (QED) is 0.506. The zero-order chi connectivity index (χ0) is 23.8. The summed E-state index contributed by atoms with van der Waals surface area (Å²) in [5.41, 5.74) is 2.69. The van der Waals surface area contributed by atoms with Gasteiger partial charge < -0.3 is 4.74 Å². The van der Waals surface area contributed by atoms with Crippen LogP contribution < -0.4 is 4.74 Å². The molecule has 32 heavy (non-hydrogen) atoms. The Hall–Kier alpha value is -3.26. The number of hydrogen-bond acceptors (Lipinski definition) is 6. The Morgan fingerprint density at radius 2 is 1.66 bits per heavy atom. The molecule has 1 unspecified atom stereocenters. The van der Waals surface area contributed by atoms with Crippen molar-refractivity contribution in [3.05, 3.63) is 76.0 Å². The highest BCUT2D eigenvalue weighted by molar-refractivity contribution is 7.90. The molecule has 3 rings (SSSR count). The van der Waals surface area contributed by atoms with E-state index in [1.807, 2.05) is 6.07 Å². The van der Waals surface area contributed by atoms with Crippen LogP contribution in [0.1, 0.15) is 49.9 Å². The summed E-state index contributed by atoms with van der Waals surface area (Å²) >= 11 is 0. The Bertz CT molecular complexity index is 1310. The third-order valence-electron chi connectivity index (χ3n) is 5.49. The average Bonchev–Trinajstić information content (AvgIpc) is 3.09. The third-order valence-corrected chi connectivity index (χ3v) is 6.86. The first-order valence-corrected chi connectivity index (χ1v) is 12.0. The van der Waals surface area contributed by atoms with Gasteiger partial charge in [0.05, 0.1) is 11.1 Å². The highest BCUT2D eigenvalue weighted by Gasteiger charge is 2.27. The van der Waals surface area contributed by atoms with Gasteiger partial charge in [-0.3, -0.25) is 9.59 Å². The molecule has 1 atom stereocenters. The number of hydrogen-bond donors (Lipinski definition) is 0. The molecule has 0 saturated heterocycles. The van der Waals surface area contributed by atoms with E-state index in [1.54, 1.807) is 65.1 Å². The molecule has 0 radical (unpaired) electrons. The molecule has 8 heteroatoms. The first-order chi connectivity index (χ1) is 14.9. The summed E-state index contributed by atoms with van der Waals surface area (Å²) in [4.78, 5) is 26.4. The van der Waals surface area contributed by atoms with Crippen molar-refractivity contribution in [3.8, 4) is 5.88 Å². The van der Waals surface area contributed by atoms with Crippen molar-refractivity contribution in [1.29, 1.82) is 0 Å². The van der Waals surface area contributed by atoms with E-state index in [-0.39, 0.29) is 27.9 Å². The van der Waals surface area contributed by atoms with Gasteiger partial charge in [0, 0.05) is 24.4 Å². The minimum Gasteiger partial charge on any atom is -0.466 e. The number of rotatable bonds is 7. The number of aryl methyl sites for hydroxylation is 2. The van der Waals surface area contributed by atoms with Crippen molar-refractivity contribution in [1.82, 2.24) is 9.78 Å². The normalized spacial score (nSPS) is 12.4. The molecule has 0 aliphatic heterocycles. The van der Waals surface area contributed by atoms with Crippen LogP contribution in [0.2, 0.25) is 0 Å². The molecule has 0 N–H and O–H groups in total. The third kappa shape index (κ3) is 4.36. The zero-order valence-electron chi connectivity index (χ0n) is 19.0. The van der Waals surface area contributed by atoms with E-state index in [0.717, 1.165) is 6.26 Å². The van der Waals surface area contributed by atoms with Gasteiger partial charge in [0.1, 0.15) is 5.56 Å². The summed E-state index contributed by atoms with van der Waals surface area (Å²) in [6.07, 6.45) is 1.71. The van der Waals surface area contributed by atoms with Crippen LogP contribution in [-0.4, -0.2) is 42.1 Å². The predicted octanol–water partition coefficient (Wildman–Crippen LogP) is 3.63. The van der Waals surface area contributed by atoms with Gasteiger partial charge in [0.2, 0.25) is 11.7 Å². The molecular formula is C24H26N2O5S. The fourth-order valence-corrected chi connectivity index (χ4v) is 5.14. The van der Waals surface area contributed by atoms with E-state index in [4.69, 9.17) is 4.74 Å². The molecule has 168 valence electrons. The van der Waals surface area contributed by atoms with E-state index >= 15 is 0 Å². The summed E-state index contributed by atoms with van der Waals surface area (Å²) in [5, 5.41) is 4.14. The van der Waals surface area contributed by atoms with Crippen molar-refractivity contribution in [3.63, 3.8) is 0 Å². The fourth-order valence-electron chi connectivity index (χ4n) is 3.79. The summed E-state index contributed by atoms with van der Waals surface area (Å²) in [5.74, 6) is -0.393. The van der Waals surface area contributed by atoms with Crippen LogP contribution >= 0.6 is 0 Å². The van der Waals surface area contributed by atoms with E-state index < -0.39 is 15.9 Å². The summed E-state index contributed by atoms with van der Waals surface area (Å²) in [6.45, 7) is 6.70. The minimum absolute atomic E-state index is 0.175. The maximum atomic E-state index is 13.4.